The van der Waals surface area contributed by atoms with E-state index in [9.17, 15) is 0 Å². The fourth-order valence-electron chi connectivity index (χ4n) is 2.86. The summed E-state index contributed by atoms with van der Waals surface area (Å²) in [5.74, 6) is 0. The molecule has 1 aliphatic rings. The van der Waals surface area contributed by atoms with Crippen molar-refractivity contribution in [3.63, 3.8) is 0 Å². The third-order valence-corrected chi connectivity index (χ3v) is 4.55. The number of hydrogen-bond donors (Lipinski definition) is 0. The zero-order valence-electron chi connectivity index (χ0n) is 11.4. The van der Waals surface area contributed by atoms with Crippen LogP contribution in [0.3, 0.4) is 0 Å². The normalized spacial score (nSPS) is 20.4. The molecule has 1 heterocycles. The van der Waals surface area contributed by atoms with Gasteiger partial charge in [0.2, 0.25) is 0 Å². The molecule has 18 heavy (non-hydrogen) atoms. The van der Waals surface area contributed by atoms with Crippen molar-refractivity contribution in [1.82, 2.24) is 4.90 Å². The summed E-state index contributed by atoms with van der Waals surface area (Å²) in [6.45, 7) is 4.63. The molecule has 2 heteroatoms. The van der Waals surface area contributed by atoms with Gasteiger partial charge in [-0.2, -0.15) is 0 Å². The fourth-order valence-corrected chi connectivity index (χ4v) is 3.18. The first-order valence-corrected chi connectivity index (χ1v) is 8.33. The molecule has 1 fully saturated rings. The van der Waals surface area contributed by atoms with Crippen LogP contribution in [0.25, 0.3) is 0 Å². The quantitative estimate of drug-likeness (QED) is 0.704. The number of nitrogens with zero attached hydrogens (tertiary/aromatic N) is 1. The van der Waals surface area contributed by atoms with E-state index in [0.717, 1.165) is 24.3 Å². The monoisotopic (exact) mass is 309 g/mol. The van der Waals surface area contributed by atoms with E-state index in [1.54, 1.807) is 0 Å². The standard InChI is InChI=1S/C16H24BrN/c1-2-14-7-9-15(10-8-14)13-18-12-4-6-16(18)5-3-11-17/h7-10,16H,2-6,11-13H2,1H3. The SMILES string of the molecule is CCc1ccc(CN2CCCC2CCCBr)cc1. The molecule has 0 spiro atoms. The highest BCUT2D eigenvalue weighted by Gasteiger charge is 2.23. The zero-order valence-corrected chi connectivity index (χ0v) is 13.0. The number of alkyl halides is 1. The zero-order chi connectivity index (χ0) is 12.8. The summed E-state index contributed by atoms with van der Waals surface area (Å²) in [4.78, 5) is 2.67. The number of aryl methyl sites for hydroxylation is 1. The van der Waals surface area contributed by atoms with Crippen molar-refractivity contribution in [2.75, 3.05) is 11.9 Å². The highest BCUT2D eigenvalue weighted by molar-refractivity contribution is 9.09. The van der Waals surface area contributed by atoms with E-state index >= 15 is 0 Å². The molecule has 1 saturated heterocycles. The first-order valence-electron chi connectivity index (χ1n) is 7.21. The van der Waals surface area contributed by atoms with Crippen molar-refractivity contribution in [3.05, 3.63) is 35.4 Å². The van der Waals surface area contributed by atoms with Gasteiger partial charge in [-0.05, 0) is 49.8 Å². The molecule has 1 aliphatic heterocycles. The lowest BCUT2D eigenvalue weighted by Gasteiger charge is -2.24. The Morgan fingerprint density at radius 2 is 1.94 bits per heavy atom. The van der Waals surface area contributed by atoms with Crippen molar-refractivity contribution in [2.24, 2.45) is 0 Å². The van der Waals surface area contributed by atoms with E-state index in [4.69, 9.17) is 0 Å². The molecule has 0 bridgehead atoms. The Labute approximate surface area is 120 Å². The lowest BCUT2D eigenvalue weighted by Crippen LogP contribution is -2.28. The van der Waals surface area contributed by atoms with Gasteiger partial charge in [0.25, 0.3) is 0 Å². The number of halogens is 1. The fraction of sp³-hybridized carbons (Fsp3) is 0.625. The summed E-state index contributed by atoms with van der Waals surface area (Å²) >= 11 is 3.54. The second-order valence-electron chi connectivity index (χ2n) is 5.27. The van der Waals surface area contributed by atoms with Crippen LogP contribution in [-0.2, 0) is 13.0 Å². The number of hydrogen-bond acceptors (Lipinski definition) is 1. The first-order chi connectivity index (χ1) is 8.83. The molecule has 1 unspecified atom stereocenters. The third-order valence-electron chi connectivity index (χ3n) is 3.99. The Morgan fingerprint density at radius 3 is 2.61 bits per heavy atom. The minimum absolute atomic E-state index is 0.813. The van der Waals surface area contributed by atoms with Gasteiger partial charge in [0.15, 0.2) is 0 Å². The number of benzene rings is 1. The van der Waals surface area contributed by atoms with Gasteiger partial charge < -0.3 is 0 Å². The molecule has 0 radical (unpaired) electrons. The van der Waals surface area contributed by atoms with Gasteiger partial charge in [0.05, 0.1) is 0 Å². The Kier molecular flexibility index (Phi) is 5.71. The van der Waals surface area contributed by atoms with E-state index in [1.165, 1.54) is 43.4 Å². The van der Waals surface area contributed by atoms with Crippen LogP contribution >= 0.6 is 15.9 Å². The number of rotatable bonds is 6. The average molecular weight is 310 g/mol. The molecule has 0 amide bonds. The predicted octanol–water partition coefficient (Wildman–Crippen LogP) is 4.39. The van der Waals surface area contributed by atoms with Crippen LogP contribution in [0.2, 0.25) is 0 Å². The largest absolute Gasteiger partial charge is 0.296 e. The van der Waals surface area contributed by atoms with Gasteiger partial charge in [-0.1, -0.05) is 47.1 Å². The second kappa shape index (κ2) is 7.30. The second-order valence-corrected chi connectivity index (χ2v) is 6.06. The van der Waals surface area contributed by atoms with Gasteiger partial charge in [-0.15, -0.1) is 0 Å². The minimum Gasteiger partial charge on any atom is -0.296 e. The Morgan fingerprint density at radius 1 is 1.22 bits per heavy atom. The first kappa shape index (κ1) is 14.1. The van der Waals surface area contributed by atoms with Crippen LogP contribution in [0.4, 0.5) is 0 Å². The minimum atomic E-state index is 0.813. The molecule has 0 saturated carbocycles. The number of likely N-dealkylation sites (tertiary alicyclic amines) is 1. The van der Waals surface area contributed by atoms with E-state index in [0.29, 0.717) is 0 Å². The Bertz CT molecular complexity index is 347. The smallest absolute Gasteiger partial charge is 0.0236 e. The van der Waals surface area contributed by atoms with Gasteiger partial charge in [0, 0.05) is 17.9 Å². The van der Waals surface area contributed by atoms with Crippen LogP contribution in [0, 0.1) is 0 Å². The Balaban J connectivity index is 1.90. The molecule has 0 aromatic heterocycles. The molecular formula is C16H24BrN. The van der Waals surface area contributed by atoms with E-state index in [-0.39, 0.29) is 0 Å². The van der Waals surface area contributed by atoms with Crippen LogP contribution in [0.15, 0.2) is 24.3 Å². The van der Waals surface area contributed by atoms with Gasteiger partial charge >= 0.3 is 0 Å². The van der Waals surface area contributed by atoms with Crippen molar-refractivity contribution in [1.29, 1.82) is 0 Å². The average Bonchev–Trinajstić information content (AvgIpc) is 2.84. The molecule has 2 rings (SSSR count). The molecule has 0 N–H and O–H groups in total. The summed E-state index contributed by atoms with van der Waals surface area (Å²) in [6, 6.07) is 9.98. The highest BCUT2D eigenvalue weighted by atomic mass is 79.9. The summed E-state index contributed by atoms with van der Waals surface area (Å²) < 4.78 is 0. The highest BCUT2D eigenvalue weighted by Crippen LogP contribution is 2.24. The molecule has 1 aromatic rings. The molecular weight excluding hydrogens is 286 g/mol. The van der Waals surface area contributed by atoms with Crippen LogP contribution in [0.1, 0.15) is 43.7 Å². The van der Waals surface area contributed by atoms with Crippen molar-refractivity contribution in [2.45, 2.75) is 51.6 Å². The van der Waals surface area contributed by atoms with E-state index in [2.05, 4.69) is 52.0 Å². The molecule has 1 aromatic carbocycles. The van der Waals surface area contributed by atoms with Crippen LogP contribution in [0.5, 0.6) is 0 Å². The van der Waals surface area contributed by atoms with Crippen LogP contribution < -0.4 is 0 Å². The lowest BCUT2D eigenvalue weighted by atomic mass is 10.1. The third kappa shape index (κ3) is 3.83. The van der Waals surface area contributed by atoms with Crippen molar-refractivity contribution in [3.8, 4) is 0 Å². The maximum Gasteiger partial charge on any atom is 0.0236 e. The van der Waals surface area contributed by atoms with Crippen LogP contribution in [-0.4, -0.2) is 22.8 Å². The summed E-state index contributed by atoms with van der Waals surface area (Å²) in [7, 11) is 0. The molecule has 1 nitrogen and oxygen atoms in total. The van der Waals surface area contributed by atoms with Gasteiger partial charge in [-0.25, -0.2) is 0 Å². The predicted molar refractivity (Wildman–Crippen MR) is 82.3 cm³/mol. The molecule has 1 atom stereocenters. The Hall–Kier alpha value is -0.340. The topological polar surface area (TPSA) is 3.24 Å². The van der Waals surface area contributed by atoms with Gasteiger partial charge in [-0.3, -0.25) is 4.90 Å². The summed E-state index contributed by atoms with van der Waals surface area (Å²) in [6.07, 6.45) is 6.55. The maximum atomic E-state index is 3.54. The van der Waals surface area contributed by atoms with Crippen molar-refractivity contribution < 1.29 is 0 Å². The van der Waals surface area contributed by atoms with E-state index in [1.807, 2.05) is 0 Å². The summed E-state index contributed by atoms with van der Waals surface area (Å²) in [5, 5.41) is 1.14. The van der Waals surface area contributed by atoms with Gasteiger partial charge in [0.1, 0.15) is 0 Å². The van der Waals surface area contributed by atoms with Crippen molar-refractivity contribution >= 4 is 15.9 Å². The molecule has 0 aliphatic carbocycles. The molecule has 100 valence electrons. The maximum absolute atomic E-state index is 3.54. The summed E-state index contributed by atoms with van der Waals surface area (Å²) in [5.41, 5.74) is 2.91. The van der Waals surface area contributed by atoms with E-state index < -0.39 is 0 Å². The lowest BCUT2D eigenvalue weighted by molar-refractivity contribution is 0.234.